The number of hydrogen-bond donors (Lipinski definition) is 4. The first kappa shape index (κ1) is 33.8. The maximum absolute atomic E-state index is 13.5. The lowest BCUT2D eigenvalue weighted by Crippen LogP contribution is -2.57. The monoisotopic (exact) mass is 602 g/mol. The number of likely N-dealkylation sites (N-methyl/N-ethyl adjacent to an activating group) is 1. The van der Waals surface area contributed by atoms with Crippen molar-refractivity contribution in [2.75, 3.05) is 7.05 Å². The van der Waals surface area contributed by atoms with Gasteiger partial charge in [-0.05, 0) is 53.8 Å². The zero-order valence-electron chi connectivity index (χ0n) is 25.5. The molecular formula is C34H42N4O6. The Balaban J connectivity index is 1.73. The number of nitrogens with one attached hydrogen (secondary N) is 2. The second kappa shape index (κ2) is 16.2. The van der Waals surface area contributed by atoms with Crippen molar-refractivity contribution in [1.29, 1.82) is 0 Å². The van der Waals surface area contributed by atoms with Crippen LogP contribution in [0.1, 0.15) is 57.1 Å². The molecule has 3 atom stereocenters. The van der Waals surface area contributed by atoms with E-state index in [-0.39, 0.29) is 36.7 Å². The Labute approximate surface area is 258 Å². The first-order valence-corrected chi connectivity index (χ1v) is 14.9. The molecule has 10 heteroatoms. The fourth-order valence-corrected chi connectivity index (χ4v) is 5.11. The van der Waals surface area contributed by atoms with Gasteiger partial charge in [-0.1, -0.05) is 74.4 Å². The topological polar surface area (TPSA) is 159 Å². The average Bonchev–Trinajstić information content (AvgIpc) is 2.99. The first-order chi connectivity index (χ1) is 21.0. The number of phenolic OH excluding ortho intramolecular Hbond substituents is 1. The van der Waals surface area contributed by atoms with Gasteiger partial charge in [0.2, 0.25) is 23.6 Å². The standard InChI is InChI=1S/C34H42N4O6/c1-4-5-13-30(38(3)31(41)19-16-23-14-17-26(40)18-15-23)34(44)37-29(20-22(2)39)33(43)36-28(32(35)42)21-25-11-8-10-24-9-6-7-12-27(24)25/h6-12,14-15,17-18,28-30,40H,4-5,13,16,19-21H2,1-3H3,(H2,35,42)(H,36,43)(H,37,44)/t28-,29-,30-/m0/s1. The average molecular weight is 603 g/mol. The van der Waals surface area contributed by atoms with Gasteiger partial charge in [-0.2, -0.15) is 0 Å². The lowest BCUT2D eigenvalue weighted by atomic mass is 9.98. The van der Waals surface area contributed by atoms with Crippen molar-refractivity contribution in [3.8, 4) is 5.75 Å². The number of hydrogen-bond acceptors (Lipinski definition) is 6. The van der Waals surface area contributed by atoms with Crippen LogP contribution in [0.25, 0.3) is 10.8 Å². The maximum Gasteiger partial charge on any atom is 0.243 e. The lowest BCUT2D eigenvalue weighted by Gasteiger charge is -2.29. The number of nitrogens with zero attached hydrogens (tertiary/aromatic N) is 1. The Kier molecular flexibility index (Phi) is 12.4. The number of carbonyl (C=O) groups is 5. The summed E-state index contributed by atoms with van der Waals surface area (Å²) in [6.07, 6.45) is 2.20. The van der Waals surface area contributed by atoms with Crippen molar-refractivity contribution in [2.24, 2.45) is 5.73 Å². The van der Waals surface area contributed by atoms with Gasteiger partial charge in [0, 0.05) is 26.3 Å². The molecular weight excluding hydrogens is 560 g/mol. The van der Waals surface area contributed by atoms with Gasteiger partial charge in [-0.25, -0.2) is 0 Å². The van der Waals surface area contributed by atoms with Gasteiger partial charge in [0.1, 0.15) is 29.7 Å². The molecule has 0 spiro atoms. The number of ketones is 1. The molecule has 0 saturated heterocycles. The van der Waals surface area contributed by atoms with Crippen molar-refractivity contribution in [1.82, 2.24) is 15.5 Å². The summed E-state index contributed by atoms with van der Waals surface area (Å²) in [7, 11) is 1.55. The summed E-state index contributed by atoms with van der Waals surface area (Å²) in [4.78, 5) is 66.0. The van der Waals surface area contributed by atoms with Crippen molar-refractivity contribution in [2.45, 2.75) is 76.9 Å². The van der Waals surface area contributed by atoms with E-state index in [9.17, 15) is 29.1 Å². The zero-order valence-corrected chi connectivity index (χ0v) is 25.5. The van der Waals surface area contributed by atoms with E-state index in [0.29, 0.717) is 19.3 Å². The van der Waals surface area contributed by atoms with Gasteiger partial charge < -0.3 is 26.4 Å². The van der Waals surface area contributed by atoms with Crippen LogP contribution in [0.2, 0.25) is 0 Å². The van der Waals surface area contributed by atoms with Crippen LogP contribution in [0.3, 0.4) is 0 Å². The minimum atomic E-state index is -1.26. The smallest absolute Gasteiger partial charge is 0.243 e. The molecule has 0 aliphatic heterocycles. The van der Waals surface area contributed by atoms with Crippen LogP contribution in [-0.4, -0.2) is 64.6 Å². The number of aryl methyl sites for hydroxylation is 1. The molecule has 0 saturated carbocycles. The number of fused-ring (bicyclic) bond motifs is 1. The summed E-state index contributed by atoms with van der Waals surface area (Å²) >= 11 is 0. The quantitative estimate of drug-likeness (QED) is 0.197. The van der Waals surface area contributed by atoms with Crippen LogP contribution < -0.4 is 16.4 Å². The number of primary amides is 1. The van der Waals surface area contributed by atoms with Crippen LogP contribution in [0, 0.1) is 0 Å². The molecule has 3 rings (SSSR count). The summed E-state index contributed by atoms with van der Waals surface area (Å²) < 4.78 is 0. The number of aromatic hydroxyl groups is 1. The molecule has 0 aliphatic rings. The SMILES string of the molecule is CCCC[C@@H](C(=O)N[C@@H](CC(C)=O)C(=O)N[C@@H](Cc1cccc2ccccc12)C(N)=O)N(C)C(=O)CCc1ccc(O)cc1. The van der Waals surface area contributed by atoms with Gasteiger partial charge >= 0.3 is 0 Å². The predicted molar refractivity (Wildman–Crippen MR) is 169 cm³/mol. The number of benzene rings is 3. The Morgan fingerprint density at radius 1 is 0.886 bits per heavy atom. The number of Topliss-reactive ketones (excluding diaryl/α,β-unsaturated/α-hetero) is 1. The summed E-state index contributed by atoms with van der Waals surface area (Å²) in [5.41, 5.74) is 7.35. The normalized spacial score (nSPS) is 13.0. The molecule has 5 N–H and O–H groups in total. The van der Waals surface area contributed by atoms with Crippen LogP contribution in [0.4, 0.5) is 0 Å². The van der Waals surface area contributed by atoms with E-state index in [2.05, 4.69) is 10.6 Å². The molecule has 44 heavy (non-hydrogen) atoms. The van der Waals surface area contributed by atoms with Crippen molar-refractivity contribution in [3.63, 3.8) is 0 Å². The highest BCUT2D eigenvalue weighted by atomic mass is 16.3. The Bertz CT molecular complexity index is 1470. The molecule has 3 aromatic rings. The molecule has 0 fully saturated rings. The number of nitrogens with two attached hydrogens (primary N) is 1. The van der Waals surface area contributed by atoms with Gasteiger partial charge in [0.15, 0.2) is 0 Å². The van der Waals surface area contributed by atoms with E-state index >= 15 is 0 Å². The Morgan fingerprint density at radius 2 is 1.55 bits per heavy atom. The van der Waals surface area contributed by atoms with Crippen LogP contribution >= 0.6 is 0 Å². The van der Waals surface area contributed by atoms with Crippen molar-refractivity contribution in [3.05, 3.63) is 77.9 Å². The molecule has 234 valence electrons. The maximum atomic E-state index is 13.5. The van der Waals surface area contributed by atoms with Crippen LogP contribution in [-0.2, 0) is 36.8 Å². The molecule has 0 aliphatic carbocycles. The largest absolute Gasteiger partial charge is 0.508 e. The number of carbonyl (C=O) groups excluding carboxylic acids is 5. The molecule has 10 nitrogen and oxygen atoms in total. The second-order valence-corrected chi connectivity index (χ2v) is 11.1. The Morgan fingerprint density at radius 3 is 2.20 bits per heavy atom. The van der Waals surface area contributed by atoms with Crippen molar-refractivity contribution >= 4 is 40.2 Å². The van der Waals surface area contributed by atoms with Crippen LogP contribution in [0.5, 0.6) is 5.75 Å². The second-order valence-electron chi connectivity index (χ2n) is 11.1. The van der Waals surface area contributed by atoms with Crippen molar-refractivity contribution < 1.29 is 29.1 Å². The highest BCUT2D eigenvalue weighted by molar-refractivity contribution is 5.96. The molecule has 3 aromatic carbocycles. The van der Waals surface area contributed by atoms with Gasteiger partial charge in [0.05, 0.1) is 0 Å². The molecule has 0 unspecified atom stereocenters. The van der Waals surface area contributed by atoms with E-state index < -0.39 is 35.8 Å². The highest BCUT2D eigenvalue weighted by Gasteiger charge is 2.32. The molecule has 0 bridgehead atoms. The Hall–Kier alpha value is -4.73. The zero-order chi connectivity index (χ0) is 32.2. The summed E-state index contributed by atoms with van der Waals surface area (Å²) in [6.45, 7) is 3.27. The number of phenols is 1. The molecule has 0 heterocycles. The van der Waals surface area contributed by atoms with E-state index in [1.54, 1.807) is 31.3 Å². The minimum Gasteiger partial charge on any atom is -0.508 e. The fourth-order valence-electron chi connectivity index (χ4n) is 5.11. The minimum absolute atomic E-state index is 0.126. The van der Waals surface area contributed by atoms with Gasteiger partial charge in [-0.15, -0.1) is 0 Å². The molecule has 4 amide bonds. The molecule has 0 aromatic heterocycles. The lowest BCUT2D eigenvalue weighted by molar-refractivity contribution is -0.141. The van der Waals surface area contributed by atoms with E-state index in [1.807, 2.05) is 49.4 Å². The fraction of sp³-hybridized carbons (Fsp3) is 0.382. The summed E-state index contributed by atoms with van der Waals surface area (Å²) in [6, 6.07) is 16.6. The first-order valence-electron chi connectivity index (χ1n) is 14.9. The number of unbranched alkanes of at least 4 members (excludes halogenated alkanes) is 1. The van der Waals surface area contributed by atoms with E-state index in [0.717, 1.165) is 28.3 Å². The predicted octanol–water partition coefficient (Wildman–Crippen LogP) is 3.17. The summed E-state index contributed by atoms with van der Waals surface area (Å²) in [5.74, 6) is -2.49. The van der Waals surface area contributed by atoms with E-state index in [1.165, 1.54) is 11.8 Å². The van der Waals surface area contributed by atoms with Gasteiger partial charge in [0.25, 0.3) is 0 Å². The summed E-state index contributed by atoms with van der Waals surface area (Å²) in [5, 5.41) is 16.7. The third-order valence-electron chi connectivity index (χ3n) is 7.65. The van der Waals surface area contributed by atoms with E-state index in [4.69, 9.17) is 5.73 Å². The highest BCUT2D eigenvalue weighted by Crippen LogP contribution is 2.20. The number of amides is 4. The number of rotatable bonds is 16. The van der Waals surface area contributed by atoms with Crippen LogP contribution in [0.15, 0.2) is 66.7 Å². The molecule has 0 radical (unpaired) electrons. The third kappa shape index (κ3) is 9.65. The third-order valence-corrected chi connectivity index (χ3v) is 7.65. The van der Waals surface area contributed by atoms with Gasteiger partial charge in [-0.3, -0.25) is 24.0 Å².